The van der Waals surface area contributed by atoms with Crippen molar-refractivity contribution in [3.63, 3.8) is 0 Å². The summed E-state index contributed by atoms with van der Waals surface area (Å²) in [6, 6.07) is 2.11. The van der Waals surface area contributed by atoms with Crippen LogP contribution in [-0.2, 0) is 0 Å². The van der Waals surface area contributed by atoms with Gasteiger partial charge in [-0.05, 0) is 55.0 Å². The Balaban J connectivity index is 1.88. The summed E-state index contributed by atoms with van der Waals surface area (Å²) in [5.74, 6) is -0.0137. The summed E-state index contributed by atoms with van der Waals surface area (Å²) in [7, 11) is 2.11. The fourth-order valence-electron chi connectivity index (χ4n) is 1.92. The number of likely N-dealkylation sites (tertiary alicyclic amines) is 1. The van der Waals surface area contributed by atoms with E-state index in [1.54, 1.807) is 12.3 Å². The standard InChI is InChI=1S/C11H16BrN3O/c1-15-4-2-9(3-5-15)14-11(16)10-6-8(12)7-13-10/h6-7,9,13H,2-5H2,1H3,(H,14,16). The first-order valence-corrected chi connectivity index (χ1v) is 6.28. The first kappa shape index (κ1) is 11.7. The number of nitrogens with zero attached hydrogens (tertiary/aromatic N) is 1. The Bertz CT molecular complexity index is 369. The maximum absolute atomic E-state index is 11.8. The average Bonchev–Trinajstić information content (AvgIpc) is 2.68. The lowest BCUT2D eigenvalue weighted by molar-refractivity contribution is 0.0912. The Morgan fingerprint density at radius 3 is 2.81 bits per heavy atom. The van der Waals surface area contributed by atoms with Gasteiger partial charge in [0.15, 0.2) is 0 Å². The van der Waals surface area contributed by atoms with Gasteiger partial charge in [0.25, 0.3) is 5.91 Å². The highest BCUT2D eigenvalue weighted by atomic mass is 79.9. The second-order valence-electron chi connectivity index (χ2n) is 4.28. The normalized spacial score (nSPS) is 18.6. The molecule has 0 spiro atoms. The van der Waals surface area contributed by atoms with Crippen molar-refractivity contribution in [3.05, 3.63) is 22.4 Å². The smallest absolute Gasteiger partial charge is 0.267 e. The van der Waals surface area contributed by atoms with Crippen LogP contribution in [0.25, 0.3) is 0 Å². The predicted octanol–water partition coefficient (Wildman–Crippen LogP) is 1.60. The van der Waals surface area contributed by atoms with Gasteiger partial charge in [-0.1, -0.05) is 0 Å². The maximum Gasteiger partial charge on any atom is 0.267 e. The van der Waals surface area contributed by atoms with Gasteiger partial charge >= 0.3 is 0 Å². The minimum atomic E-state index is -0.0137. The summed E-state index contributed by atoms with van der Waals surface area (Å²) >= 11 is 3.32. The second kappa shape index (κ2) is 5.01. The number of hydrogen-bond donors (Lipinski definition) is 2. The molecule has 0 atom stereocenters. The molecule has 88 valence electrons. The van der Waals surface area contributed by atoms with Crippen molar-refractivity contribution < 1.29 is 4.79 Å². The van der Waals surface area contributed by atoms with Crippen molar-refractivity contribution in [2.24, 2.45) is 0 Å². The average molecular weight is 286 g/mol. The highest BCUT2D eigenvalue weighted by Gasteiger charge is 2.19. The van der Waals surface area contributed by atoms with E-state index in [1.807, 2.05) is 0 Å². The summed E-state index contributed by atoms with van der Waals surface area (Å²) in [6.07, 6.45) is 3.83. The third-order valence-electron chi connectivity index (χ3n) is 2.95. The van der Waals surface area contributed by atoms with Crippen molar-refractivity contribution in [3.8, 4) is 0 Å². The van der Waals surface area contributed by atoms with E-state index in [9.17, 15) is 4.79 Å². The summed E-state index contributed by atoms with van der Waals surface area (Å²) in [4.78, 5) is 17.1. The highest BCUT2D eigenvalue weighted by molar-refractivity contribution is 9.10. The van der Waals surface area contributed by atoms with Crippen LogP contribution in [0.4, 0.5) is 0 Å². The van der Waals surface area contributed by atoms with Gasteiger partial charge in [-0.2, -0.15) is 0 Å². The van der Waals surface area contributed by atoms with Crippen LogP contribution in [0.15, 0.2) is 16.7 Å². The van der Waals surface area contributed by atoms with Gasteiger partial charge in [0, 0.05) is 16.7 Å². The number of amides is 1. The fourth-order valence-corrected chi connectivity index (χ4v) is 2.26. The Kier molecular flexibility index (Phi) is 3.66. The molecule has 0 aromatic carbocycles. The molecule has 1 fully saturated rings. The molecule has 0 radical (unpaired) electrons. The third-order valence-corrected chi connectivity index (χ3v) is 3.40. The number of piperidine rings is 1. The number of rotatable bonds is 2. The highest BCUT2D eigenvalue weighted by Crippen LogP contribution is 2.12. The molecule has 1 aliphatic rings. The molecule has 1 aromatic rings. The van der Waals surface area contributed by atoms with Crippen LogP contribution in [0, 0.1) is 0 Å². The monoisotopic (exact) mass is 285 g/mol. The molecule has 2 N–H and O–H groups in total. The van der Waals surface area contributed by atoms with Gasteiger partial charge in [-0.3, -0.25) is 4.79 Å². The van der Waals surface area contributed by atoms with E-state index in [0.717, 1.165) is 30.4 Å². The zero-order chi connectivity index (χ0) is 11.5. The molecule has 2 heterocycles. The zero-order valence-corrected chi connectivity index (χ0v) is 10.9. The van der Waals surface area contributed by atoms with E-state index in [1.165, 1.54) is 0 Å². The van der Waals surface area contributed by atoms with Crippen LogP contribution in [0.2, 0.25) is 0 Å². The topological polar surface area (TPSA) is 48.1 Å². The lowest BCUT2D eigenvalue weighted by Crippen LogP contribution is -2.43. The molecule has 0 unspecified atom stereocenters. The first-order valence-electron chi connectivity index (χ1n) is 5.48. The van der Waals surface area contributed by atoms with Gasteiger partial charge in [-0.25, -0.2) is 0 Å². The molecule has 16 heavy (non-hydrogen) atoms. The SMILES string of the molecule is CN1CCC(NC(=O)c2cc(Br)c[nH]2)CC1. The van der Waals surface area contributed by atoms with E-state index >= 15 is 0 Å². The van der Waals surface area contributed by atoms with Gasteiger partial charge in [0.05, 0.1) is 0 Å². The molecule has 4 nitrogen and oxygen atoms in total. The predicted molar refractivity (Wildman–Crippen MR) is 66.5 cm³/mol. The van der Waals surface area contributed by atoms with Crippen LogP contribution < -0.4 is 5.32 Å². The molecule has 1 aromatic heterocycles. The Hall–Kier alpha value is -0.810. The summed E-state index contributed by atoms with van der Waals surface area (Å²) in [5.41, 5.74) is 0.616. The summed E-state index contributed by atoms with van der Waals surface area (Å²) < 4.78 is 0.904. The van der Waals surface area contributed by atoms with Crippen LogP contribution in [0.5, 0.6) is 0 Å². The number of hydrogen-bond acceptors (Lipinski definition) is 2. The van der Waals surface area contributed by atoms with E-state index < -0.39 is 0 Å². The minimum Gasteiger partial charge on any atom is -0.356 e. The van der Waals surface area contributed by atoms with E-state index in [2.05, 4.69) is 38.2 Å². The van der Waals surface area contributed by atoms with Crippen molar-refractivity contribution in [2.75, 3.05) is 20.1 Å². The fraction of sp³-hybridized carbons (Fsp3) is 0.545. The Labute approximate surface area is 104 Å². The third kappa shape index (κ3) is 2.86. The number of aromatic nitrogens is 1. The minimum absolute atomic E-state index is 0.0137. The van der Waals surface area contributed by atoms with Crippen LogP contribution in [-0.4, -0.2) is 42.0 Å². The van der Waals surface area contributed by atoms with Gasteiger partial charge in [0.2, 0.25) is 0 Å². The second-order valence-corrected chi connectivity index (χ2v) is 5.20. The Morgan fingerprint density at radius 2 is 2.25 bits per heavy atom. The van der Waals surface area contributed by atoms with Crippen molar-refractivity contribution in [1.82, 2.24) is 15.2 Å². The largest absolute Gasteiger partial charge is 0.356 e. The molecule has 1 saturated heterocycles. The lowest BCUT2D eigenvalue weighted by atomic mass is 10.1. The van der Waals surface area contributed by atoms with Crippen LogP contribution >= 0.6 is 15.9 Å². The van der Waals surface area contributed by atoms with Gasteiger partial charge < -0.3 is 15.2 Å². The van der Waals surface area contributed by atoms with Crippen molar-refractivity contribution >= 4 is 21.8 Å². The molecule has 5 heteroatoms. The van der Waals surface area contributed by atoms with E-state index in [-0.39, 0.29) is 5.91 Å². The Morgan fingerprint density at radius 1 is 1.56 bits per heavy atom. The molecule has 0 aliphatic carbocycles. The number of halogens is 1. The van der Waals surface area contributed by atoms with Crippen LogP contribution in [0.3, 0.4) is 0 Å². The first-order chi connectivity index (χ1) is 7.65. The number of nitrogens with one attached hydrogen (secondary N) is 2. The van der Waals surface area contributed by atoms with E-state index in [0.29, 0.717) is 11.7 Å². The quantitative estimate of drug-likeness (QED) is 0.867. The summed E-state index contributed by atoms with van der Waals surface area (Å²) in [5, 5.41) is 3.05. The van der Waals surface area contributed by atoms with Crippen LogP contribution in [0.1, 0.15) is 23.3 Å². The molecule has 1 amide bonds. The molecule has 1 aliphatic heterocycles. The summed E-state index contributed by atoms with van der Waals surface area (Å²) in [6.45, 7) is 2.11. The van der Waals surface area contributed by atoms with Gasteiger partial charge in [-0.15, -0.1) is 0 Å². The lowest BCUT2D eigenvalue weighted by Gasteiger charge is -2.29. The maximum atomic E-state index is 11.8. The zero-order valence-electron chi connectivity index (χ0n) is 9.29. The number of carbonyl (C=O) groups is 1. The number of carbonyl (C=O) groups excluding carboxylic acids is 1. The molecule has 2 rings (SSSR count). The number of H-pyrrole nitrogens is 1. The molecular formula is C11H16BrN3O. The van der Waals surface area contributed by atoms with Gasteiger partial charge in [0.1, 0.15) is 5.69 Å². The van der Waals surface area contributed by atoms with Crippen molar-refractivity contribution in [2.45, 2.75) is 18.9 Å². The van der Waals surface area contributed by atoms with E-state index in [4.69, 9.17) is 0 Å². The number of aromatic amines is 1. The molecule has 0 bridgehead atoms. The van der Waals surface area contributed by atoms with Crippen molar-refractivity contribution in [1.29, 1.82) is 0 Å². The molecule has 0 saturated carbocycles. The molecular weight excluding hydrogens is 270 g/mol.